The molecule has 8 aromatic rings. The van der Waals surface area contributed by atoms with Gasteiger partial charge in [0.25, 0.3) is 0 Å². The third-order valence-corrected chi connectivity index (χ3v) is 12.1. The second-order valence-electron chi connectivity index (χ2n) is 15.0. The molecule has 0 N–H and O–H groups in total. The van der Waals surface area contributed by atoms with Gasteiger partial charge >= 0.3 is 0 Å². The molecule has 2 nitrogen and oxygen atoms in total. The highest BCUT2D eigenvalue weighted by Crippen LogP contribution is 2.53. The molecule has 0 fully saturated rings. The Hall–Kier alpha value is -5.64. The van der Waals surface area contributed by atoms with Crippen LogP contribution in [0.5, 0.6) is 0 Å². The highest BCUT2D eigenvalue weighted by Gasteiger charge is 2.37. The molecule has 0 amide bonds. The minimum absolute atomic E-state index is 0.164. The first-order chi connectivity index (χ1) is 25.1. The molecule has 0 unspecified atom stereocenters. The lowest BCUT2D eigenvalue weighted by molar-refractivity contribution is 0.661. The van der Waals surface area contributed by atoms with Crippen molar-refractivity contribution in [3.63, 3.8) is 0 Å². The van der Waals surface area contributed by atoms with Crippen molar-refractivity contribution in [2.24, 2.45) is 0 Å². The van der Waals surface area contributed by atoms with Gasteiger partial charge < -0.3 is 9.80 Å². The second kappa shape index (κ2) is 12.3. The van der Waals surface area contributed by atoms with Crippen molar-refractivity contribution >= 4 is 65.6 Å². The number of aryl methyl sites for hydroxylation is 4. The Morgan fingerprint density at radius 2 is 0.750 bits per heavy atom. The summed E-state index contributed by atoms with van der Waals surface area (Å²) in [5, 5.41) is 2.64. The van der Waals surface area contributed by atoms with Gasteiger partial charge in [-0.25, -0.2) is 0 Å². The molecule has 7 aromatic carbocycles. The topological polar surface area (TPSA) is 6.48 Å². The third kappa shape index (κ3) is 5.39. The molecule has 1 aromatic heterocycles. The molecule has 9 rings (SSSR count). The molecule has 0 bridgehead atoms. The lowest BCUT2D eigenvalue weighted by atomic mass is 9.82. The monoisotopic (exact) mass is 690 g/mol. The van der Waals surface area contributed by atoms with Gasteiger partial charge in [0.05, 0.1) is 0 Å². The second-order valence-corrected chi connectivity index (χ2v) is 16.1. The minimum Gasteiger partial charge on any atom is -0.310 e. The van der Waals surface area contributed by atoms with E-state index in [1.54, 1.807) is 0 Å². The number of fused-ring (bicyclic) bond motifs is 6. The number of hydrogen-bond acceptors (Lipinski definition) is 3. The number of hydrogen-bond donors (Lipinski definition) is 0. The molecule has 254 valence electrons. The molecule has 52 heavy (non-hydrogen) atoms. The summed E-state index contributed by atoms with van der Waals surface area (Å²) < 4.78 is 2.65. The lowest BCUT2D eigenvalue weighted by Crippen LogP contribution is -2.16. The maximum absolute atomic E-state index is 2.49. The molecule has 0 aliphatic heterocycles. The lowest BCUT2D eigenvalue weighted by Gasteiger charge is -2.28. The van der Waals surface area contributed by atoms with Gasteiger partial charge in [-0.05, 0) is 141 Å². The van der Waals surface area contributed by atoms with Crippen LogP contribution in [-0.4, -0.2) is 0 Å². The first-order valence-electron chi connectivity index (χ1n) is 18.2. The van der Waals surface area contributed by atoms with E-state index in [-0.39, 0.29) is 5.41 Å². The number of nitrogens with zero attached hydrogens (tertiary/aromatic N) is 2. The number of rotatable bonds is 6. The Kier molecular flexibility index (Phi) is 7.60. The van der Waals surface area contributed by atoms with Crippen molar-refractivity contribution in [1.82, 2.24) is 0 Å². The van der Waals surface area contributed by atoms with Crippen molar-refractivity contribution in [3.8, 4) is 11.1 Å². The minimum atomic E-state index is -0.164. The zero-order valence-electron chi connectivity index (χ0n) is 30.7. The molecular weight excluding hydrogens is 649 g/mol. The van der Waals surface area contributed by atoms with Gasteiger partial charge in [0.2, 0.25) is 0 Å². The third-order valence-electron chi connectivity index (χ3n) is 10.9. The van der Waals surface area contributed by atoms with E-state index in [0.29, 0.717) is 0 Å². The fourth-order valence-electron chi connectivity index (χ4n) is 7.93. The van der Waals surface area contributed by atoms with Crippen molar-refractivity contribution in [2.75, 3.05) is 9.80 Å². The summed E-state index contributed by atoms with van der Waals surface area (Å²) in [6, 6.07) is 54.5. The number of benzene rings is 7. The Balaban J connectivity index is 1.16. The summed E-state index contributed by atoms with van der Waals surface area (Å²) in [7, 11) is 0. The zero-order chi connectivity index (χ0) is 35.7. The van der Waals surface area contributed by atoms with Crippen molar-refractivity contribution in [2.45, 2.75) is 47.0 Å². The maximum Gasteiger partial charge on any atom is 0.0468 e. The van der Waals surface area contributed by atoms with Crippen molar-refractivity contribution in [1.29, 1.82) is 0 Å². The average molecular weight is 691 g/mol. The summed E-state index contributed by atoms with van der Waals surface area (Å²) >= 11 is 1.90. The van der Waals surface area contributed by atoms with E-state index >= 15 is 0 Å². The fourth-order valence-corrected chi connectivity index (χ4v) is 9.04. The van der Waals surface area contributed by atoms with Crippen LogP contribution >= 0.6 is 11.3 Å². The van der Waals surface area contributed by atoms with Crippen LogP contribution in [0.4, 0.5) is 34.1 Å². The van der Waals surface area contributed by atoms with Crippen LogP contribution in [0, 0.1) is 27.7 Å². The van der Waals surface area contributed by atoms with E-state index < -0.39 is 0 Å². The predicted octanol–water partition coefficient (Wildman–Crippen LogP) is 14.5. The molecule has 1 heterocycles. The average Bonchev–Trinajstić information content (AvgIpc) is 3.61. The molecule has 1 aliphatic carbocycles. The van der Waals surface area contributed by atoms with Crippen LogP contribution in [0.25, 0.3) is 31.3 Å². The van der Waals surface area contributed by atoms with Gasteiger partial charge in [0.1, 0.15) is 0 Å². The Morgan fingerprint density at radius 1 is 0.365 bits per heavy atom. The van der Waals surface area contributed by atoms with Crippen LogP contribution in [0.3, 0.4) is 0 Å². The van der Waals surface area contributed by atoms with Crippen LogP contribution in [0.15, 0.2) is 146 Å². The molecule has 3 heteroatoms. The summed E-state index contributed by atoms with van der Waals surface area (Å²) in [6.07, 6.45) is 0. The summed E-state index contributed by atoms with van der Waals surface area (Å²) in [5.74, 6) is 0. The SMILES string of the molecule is Cc1ccc(N(c2ccc(C)cc2)c2ccc3c(c2)C(C)(C)c2cc4c(cc2-3)sc2ccc(N(c3ccc(C)cc3)c3ccc(C)cc3)cc24)cc1. The van der Waals surface area contributed by atoms with E-state index in [4.69, 9.17) is 0 Å². The summed E-state index contributed by atoms with van der Waals surface area (Å²) in [4.78, 5) is 4.77. The quantitative estimate of drug-likeness (QED) is 0.171. The number of thiophene rings is 1. The number of anilines is 6. The largest absolute Gasteiger partial charge is 0.310 e. The zero-order valence-corrected chi connectivity index (χ0v) is 31.5. The van der Waals surface area contributed by atoms with E-state index in [1.807, 2.05) is 11.3 Å². The molecular formula is C49H42N2S. The van der Waals surface area contributed by atoms with Gasteiger partial charge in [-0.15, -0.1) is 11.3 Å². The van der Waals surface area contributed by atoms with Crippen molar-refractivity contribution in [3.05, 3.63) is 179 Å². The maximum atomic E-state index is 2.49. The summed E-state index contributed by atoms with van der Waals surface area (Å²) in [6.45, 7) is 13.4. The van der Waals surface area contributed by atoms with Crippen molar-refractivity contribution < 1.29 is 0 Å². The van der Waals surface area contributed by atoms with Gasteiger partial charge in [-0.1, -0.05) is 90.7 Å². The van der Waals surface area contributed by atoms with Crippen LogP contribution in [-0.2, 0) is 5.41 Å². The van der Waals surface area contributed by atoms with Crippen LogP contribution in [0.2, 0.25) is 0 Å². The van der Waals surface area contributed by atoms with Gasteiger partial charge in [0, 0.05) is 59.7 Å². The summed E-state index contributed by atoms with van der Waals surface area (Å²) in [5.41, 5.74) is 17.3. The molecule has 0 spiro atoms. The Morgan fingerprint density at radius 3 is 1.23 bits per heavy atom. The molecule has 0 saturated heterocycles. The Bertz CT molecular complexity index is 2520. The van der Waals surface area contributed by atoms with Gasteiger partial charge in [-0.3, -0.25) is 0 Å². The van der Waals surface area contributed by atoms with Crippen LogP contribution in [0.1, 0.15) is 47.2 Å². The van der Waals surface area contributed by atoms with E-state index in [9.17, 15) is 0 Å². The molecule has 0 radical (unpaired) electrons. The van der Waals surface area contributed by atoms with Gasteiger partial charge in [0.15, 0.2) is 0 Å². The molecule has 0 atom stereocenters. The first-order valence-corrected chi connectivity index (χ1v) is 19.0. The highest BCUT2D eigenvalue weighted by atomic mass is 32.1. The Labute approximate surface area is 311 Å². The molecule has 1 aliphatic rings. The normalized spacial score (nSPS) is 13.0. The standard InChI is InChI=1S/C49H42N2S/c1-31-7-15-35(16-8-31)50(36-17-9-32(2)10-18-36)39-24-26-47-43(27-39)44-29-46-42(30-48(44)52-47)41-25-23-40(28-45(41)49(46,5)6)51(37-19-11-33(3)12-20-37)38-21-13-34(4)14-22-38/h7-30H,1-6H3. The molecule has 0 saturated carbocycles. The van der Waals surface area contributed by atoms with Crippen LogP contribution < -0.4 is 9.80 Å². The highest BCUT2D eigenvalue weighted by molar-refractivity contribution is 7.25. The fraction of sp³-hybridized carbons (Fsp3) is 0.143. The van der Waals surface area contributed by atoms with Gasteiger partial charge in [-0.2, -0.15) is 0 Å². The first kappa shape index (κ1) is 32.3. The smallest absolute Gasteiger partial charge is 0.0468 e. The van der Waals surface area contributed by atoms with E-state index in [0.717, 1.165) is 22.7 Å². The van der Waals surface area contributed by atoms with E-state index in [2.05, 4.69) is 197 Å². The predicted molar refractivity (Wildman–Crippen MR) is 225 cm³/mol. The van der Waals surface area contributed by atoms with E-state index in [1.165, 1.54) is 76.1 Å².